The molecule has 88 valence electrons. The van der Waals surface area contributed by atoms with Gasteiger partial charge in [-0.2, -0.15) is 5.10 Å². The molecule has 0 aliphatic rings. The molecule has 0 saturated carbocycles. The first-order valence-corrected chi connectivity index (χ1v) is 4.80. The van der Waals surface area contributed by atoms with Gasteiger partial charge in [0.2, 0.25) is 11.8 Å². The van der Waals surface area contributed by atoms with Crippen molar-refractivity contribution in [1.29, 1.82) is 0 Å². The average molecular weight is 234 g/mol. The molecule has 0 unspecified atom stereocenters. The number of hydrogen-bond acceptors (Lipinski definition) is 5. The van der Waals surface area contributed by atoms with E-state index in [1.165, 1.54) is 6.20 Å². The Labute approximate surface area is 96.7 Å². The van der Waals surface area contributed by atoms with Gasteiger partial charge in [0.15, 0.2) is 5.69 Å². The smallest absolute Gasteiger partial charge is 0.356 e. The second kappa shape index (κ2) is 4.20. The summed E-state index contributed by atoms with van der Waals surface area (Å²) in [5.74, 6) is -0.390. The molecule has 17 heavy (non-hydrogen) atoms. The lowest BCUT2D eigenvalue weighted by Gasteiger charge is -2.03. The molecule has 0 bridgehead atoms. The van der Waals surface area contributed by atoms with Crippen LogP contribution in [0.15, 0.2) is 18.5 Å². The van der Waals surface area contributed by atoms with Crippen LogP contribution in [-0.4, -0.2) is 30.8 Å². The molecule has 0 radical (unpaired) electrons. The predicted octanol–water partition coefficient (Wildman–Crippen LogP) is 1.01. The maximum absolute atomic E-state index is 10.6. The van der Waals surface area contributed by atoms with E-state index in [2.05, 4.69) is 15.1 Å². The number of carboxylic acid groups (broad SMARTS) is 1. The topological polar surface area (TPSA) is 90.1 Å². The fraction of sp³-hybridized carbons (Fsp3) is 0.200. The number of rotatable bonds is 3. The zero-order chi connectivity index (χ0) is 12.4. The van der Waals surface area contributed by atoms with Gasteiger partial charge in [0, 0.05) is 13.1 Å². The zero-order valence-electron chi connectivity index (χ0n) is 9.28. The minimum Gasteiger partial charge on any atom is -0.476 e. The Hall–Kier alpha value is -2.44. The highest BCUT2D eigenvalue weighted by Crippen LogP contribution is 2.18. The molecule has 7 heteroatoms. The molecular formula is C10H10N4O3. The van der Waals surface area contributed by atoms with Crippen molar-refractivity contribution in [3.8, 4) is 11.8 Å². The maximum Gasteiger partial charge on any atom is 0.356 e. The first-order chi connectivity index (χ1) is 8.06. The molecule has 1 N–H and O–H groups in total. The normalized spacial score (nSPS) is 10.2. The van der Waals surface area contributed by atoms with Crippen LogP contribution in [0.1, 0.15) is 16.2 Å². The SMILES string of the molecule is Cc1cc(Oc2cnc(C(=O)O)cn2)n(C)n1. The second-order valence-corrected chi connectivity index (χ2v) is 3.39. The highest BCUT2D eigenvalue weighted by Gasteiger charge is 2.08. The fourth-order valence-corrected chi connectivity index (χ4v) is 1.27. The Kier molecular flexibility index (Phi) is 2.73. The molecule has 7 nitrogen and oxygen atoms in total. The van der Waals surface area contributed by atoms with Crippen molar-refractivity contribution in [2.75, 3.05) is 0 Å². The van der Waals surface area contributed by atoms with Gasteiger partial charge in [-0.15, -0.1) is 0 Å². The largest absolute Gasteiger partial charge is 0.476 e. The predicted molar refractivity (Wildman–Crippen MR) is 57.0 cm³/mol. The molecule has 2 heterocycles. The Morgan fingerprint density at radius 2 is 2.18 bits per heavy atom. The summed E-state index contributed by atoms with van der Waals surface area (Å²) in [5, 5.41) is 12.8. The van der Waals surface area contributed by atoms with E-state index < -0.39 is 5.97 Å². The molecule has 0 aliphatic carbocycles. The van der Waals surface area contributed by atoms with Crippen molar-refractivity contribution in [3.05, 3.63) is 29.8 Å². The van der Waals surface area contributed by atoms with Crippen LogP contribution in [0.2, 0.25) is 0 Å². The summed E-state index contributed by atoms with van der Waals surface area (Å²) in [6.45, 7) is 1.84. The third kappa shape index (κ3) is 2.39. The van der Waals surface area contributed by atoms with E-state index in [1.807, 2.05) is 6.92 Å². The van der Waals surface area contributed by atoms with Crippen molar-refractivity contribution in [1.82, 2.24) is 19.7 Å². The number of aromatic nitrogens is 4. The molecule has 2 rings (SSSR count). The van der Waals surface area contributed by atoms with Gasteiger partial charge in [0.1, 0.15) is 0 Å². The molecule has 0 aromatic carbocycles. The number of hydrogen-bond donors (Lipinski definition) is 1. The molecule has 0 fully saturated rings. The summed E-state index contributed by atoms with van der Waals surface area (Å²) in [6, 6.07) is 1.74. The van der Waals surface area contributed by atoms with Gasteiger partial charge in [-0.25, -0.2) is 19.4 Å². The summed E-state index contributed by atoms with van der Waals surface area (Å²) in [5.41, 5.74) is 0.691. The van der Waals surface area contributed by atoms with Gasteiger partial charge < -0.3 is 9.84 Å². The lowest BCUT2D eigenvalue weighted by molar-refractivity contribution is 0.0690. The summed E-state index contributed by atoms with van der Waals surface area (Å²) in [6.07, 6.45) is 2.40. The standard InChI is InChI=1S/C10H10N4O3/c1-6-3-9(14(2)13-6)17-8-5-11-7(4-12-8)10(15)16/h3-5H,1-2H3,(H,15,16). The van der Waals surface area contributed by atoms with E-state index >= 15 is 0 Å². The molecule has 0 atom stereocenters. The van der Waals surface area contributed by atoms with Crippen molar-refractivity contribution in [2.45, 2.75) is 6.92 Å². The van der Waals surface area contributed by atoms with Crippen LogP contribution < -0.4 is 4.74 Å². The van der Waals surface area contributed by atoms with Crippen molar-refractivity contribution >= 4 is 5.97 Å². The quantitative estimate of drug-likeness (QED) is 0.852. The molecule has 2 aromatic heterocycles. The van der Waals surface area contributed by atoms with Crippen LogP contribution in [-0.2, 0) is 7.05 Å². The molecule has 0 aliphatic heterocycles. The summed E-state index contributed by atoms with van der Waals surface area (Å²) in [7, 11) is 1.74. The Morgan fingerprint density at radius 3 is 2.65 bits per heavy atom. The Balaban J connectivity index is 2.19. The molecular weight excluding hydrogens is 224 g/mol. The van der Waals surface area contributed by atoms with E-state index in [4.69, 9.17) is 9.84 Å². The minimum atomic E-state index is -1.12. The molecule has 0 saturated heterocycles. The molecule has 0 amide bonds. The van der Waals surface area contributed by atoms with E-state index in [9.17, 15) is 4.79 Å². The molecule has 0 spiro atoms. The highest BCUT2D eigenvalue weighted by atomic mass is 16.5. The number of carbonyl (C=O) groups is 1. The van der Waals surface area contributed by atoms with Crippen molar-refractivity contribution < 1.29 is 14.6 Å². The van der Waals surface area contributed by atoms with Gasteiger partial charge in [-0.05, 0) is 6.92 Å². The first kappa shape index (κ1) is 11.1. The van der Waals surface area contributed by atoms with Crippen LogP contribution in [0.4, 0.5) is 0 Å². The second-order valence-electron chi connectivity index (χ2n) is 3.39. The van der Waals surface area contributed by atoms with Gasteiger partial charge in [-0.1, -0.05) is 0 Å². The highest BCUT2D eigenvalue weighted by molar-refractivity contribution is 5.84. The Morgan fingerprint density at radius 1 is 1.41 bits per heavy atom. The van der Waals surface area contributed by atoms with E-state index in [0.29, 0.717) is 5.88 Å². The first-order valence-electron chi connectivity index (χ1n) is 4.80. The molecule has 2 aromatic rings. The average Bonchev–Trinajstić information content (AvgIpc) is 2.58. The maximum atomic E-state index is 10.6. The summed E-state index contributed by atoms with van der Waals surface area (Å²) >= 11 is 0. The third-order valence-electron chi connectivity index (χ3n) is 2.02. The van der Waals surface area contributed by atoms with Crippen LogP contribution in [0.3, 0.4) is 0 Å². The summed E-state index contributed by atoms with van der Waals surface area (Å²) in [4.78, 5) is 18.1. The number of nitrogens with zero attached hydrogens (tertiary/aromatic N) is 4. The van der Waals surface area contributed by atoms with Crippen molar-refractivity contribution in [2.24, 2.45) is 7.05 Å². The minimum absolute atomic E-state index is 0.126. The zero-order valence-corrected chi connectivity index (χ0v) is 9.28. The van der Waals surface area contributed by atoms with Crippen molar-refractivity contribution in [3.63, 3.8) is 0 Å². The summed E-state index contributed by atoms with van der Waals surface area (Å²) < 4.78 is 6.96. The van der Waals surface area contributed by atoms with Gasteiger partial charge in [0.05, 0.1) is 18.1 Å². The monoisotopic (exact) mass is 234 g/mol. The van der Waals surface area contributed by atoms with E-state index in [0.717, 1.165) is 11.9 Å². The van der Waals surface area contributed by atoms with E-state index in [-0.39, 0.29) is 11.6 Å². The van der Waals surface area contributed by atoms with Crippen LogP contribution >= 0.6 is 0 Å². The van der Waals surface area contributed by atoms with E-state index in [1.54, 1.807) is 17.8 Å². The van der Waals surface area contributed by atoms with Gasteiger partial charge in [0.25, 0.3) is 0 Å². The number of carboxylic acids is 1. The van der Waals surface area contributed by atoms with Gasteiger partial charge in [-0.3, -0.25) is 0 Å². The number of ether oxygens (including phenoxy) is 1. The fourth-order valence-electron chi connectivity index (χ4n) is 1.27. The Bertz CT molecular complexity index is 547. The lowest BCUT2D eigenvalue weighted by Crippen LogP contribution is -2.02. The van der Waals surface area contributed by atoms with Crippen LogP contribution in [0.25, 0.3) is 0 Å². The van der Waals surface area contributed by atoms with Crippen LogP contribution in [0.5, 0.6) is 11.8 Å². The third-order valence-corrected chi connectivity index (χ3v) is 2.02. The lowest BCUT2D eigenvalue weighted by atomic mass is 10.4. The van der Waals surface area contributed by atoms with Crippen LogP contribution in [0, 0.1) is 6.92 Å². The van der Waals surface area contributed by atoms with Gasteiger partial charge >= 0.3 is 5.97 Å². The number of aryl methyl sites for hydroxylation is 2. The number of aromatic carboxylic acids is 1.